The van der Waals surface area contributed by atoms with Crippen LogP contribution in [0.4, 0.5) is 25.4 Å². The first-order valence-electron chi connectivity index (χ1n) is 21.1. The Morgan fingerprint density at radius 3 is 2.41 bits per heavy atom. The maximum Gasteiger partial charge on any atom is 0.410 e. The third-order valence-corrected chi connectivity index (χ3v) is 11.2. The number of ether oxygens (including phenoxy) is 1. The summed E-state index contributed by atoms with van der Waals surface area (Å²) in [5.74, 6) is -0.952. The molecule has 6 N–H and O–H groups in total. The minimum Gasteiger partial charge on any atom is -0.445 e. The molecule has 1 saturated heterocycles. The van der Waals surface area contributed by atoms with E-state index in [0.717, 1.165) is 29.6 Å². The summed E-state index contributed by atoms with van der Waals surface area (Å²) in [4.78, 5) is 71.2. The predicted molar refractivity (Wildman–Crippen MR) is 232 cm³/mol. The molecule has 2 aromatic heterocycles. The van der Waals surface area contributed by atoms with Crippen LogP contribution in [-0.2, 0) is 34.0 Å². The van der Waals surface area contributed by atoms with Gasteiger partial charge in [0.05, 0.1) is 11.2 Å². The smallest absolute Gasteiger partial charge is 0.410 e. The lowest BCUT2D eigenvalue weighted by Gasteiger charge is -2.37. The average Bonchev–Trinajstić information content (AvgIpc) is 4.08. The number of nitrogens with one attached hydrogen (secondary N) is 4. The van der Waals surface area contributed by atoms with Crippen LogP contribution in [0.1, 0.15) is 87.2 Å². The number of rotatable bonds is 18. The van der Waals surface area contributed by atoms with Gasteiger partial charge in [-0.1, -0.05) is 26.0 Å². The minimum absolute atomic E-state index is 0.0181. The van der Waals surface area contributed by atoms with E-state index in [0.29, 0.717) is 79.8 Å². The molecule has 0 unspecified atom stereocenters. The number of aromatic nitrogens is 2. The molecule has 5 amide bonds. The highest BCUT2D eigenvalue weighted by Crippen LogP contribution is 2.38. The number of pyridine rings is 2. The average molecular weight is 840 g/mol. The molecule has 1 atom stereocenters. The largest absolute Gasteiger partial charge is 0.445 e. The van der Waals surface area contributed by atoms with E-state index in [1.54, 1.807) is 42.4 Å². The Kier molecular flexibility index (Phi) is 15.0. The molecular formula is C45H58FN9O6. The number of carbonyl (C=O) groups is 4. The normalized spacial score (nSPS) is 14.8. The fourth-order valence-electron chi connectivity index (χ4n) is 7.71. The van der Waals surface area contributed by atoms with Crippen LogP contribution < -0.4 is 37.3 Å². The molecule has 326 valence electrons. The standard InChI is InChI=1S/C45H58FN9O6/c1-28(2)20-41(56)52-38(6-5-16-50-44(47)59)43(58)51-33-9-7-30(8-10-33)27-61-45(60)53(4)34-14-18-54(19-15-34)40-23-39-36(22-37(40)46)42(57)32(26-55(39)35-11-12-35)25-48-24-31-13-17-49-29(3)21-31/h7-10,13,17,21-23,26,28,34-35,38,48H,5-6,11-12,14-16,18-20,24-25,27H2,1-4H3,(H,51,58)(H,52,56)(H3,47,50,59)/t38-/m0/s1. The lowest BCUT2D eigenvalue weighted by Crippen LogP contribution is -2.46. The fraction of sp³-hybridized carbons (Fsp3) is 0.467. The first-order valence-corrected chi connectivity index (χ1v) is 21.1. The third-order valence-electron chi connectivity index (χ3n) is 11.2. The van der Waals surface area contributed by atoms with Crippen LogP contribution in [0.15, 0.2) is 65.7 Å². The molecule has 6 rings (SSSR count). The minimum atomic E-state index is -0.808. The maximum atomic E-state index is 15.9. The van der Waals surface area contributed by atoms with Crippen molar-refractivity contribution in [1.82, 2.24) is 30.4 Å². The van der Waals surface area contributed by atoms with E-state index in [1.807, 2.05) is 50.1 Å². The maximum absolute atomic E-state index is 15.9. The highest BCUT2D eigenvalue weighted by atomic mass is 19.1. The predicted octanol–water partition coefficient (Wildman–Crippen LogP) is 5.62. The van der Waals surface area contributed by atoms with Gasteiger partial charge in [-0.15, -0.1) is 0 Å². The van der Waals surface area contributed by atoms with Crippen molar-refractivity contribution in [2.45, 2.75) is 104 Å². The van der Waals surface area contributed by atoms with Crippen LogP contribution in [0.25, 0.3) is 10.9 Å². The Morgan fingerprint density at radius 2 is 1.74 bits per heavy atom. The SMILES string of the molecule is Cc1cc(CNCc2cn(C3CC3)c3cc(N4CCC(N(C)C(=O)OCc5ccc(NC(=O)[C@H](CCCNC(N)=O)NC(=O)CC(C)C)cc5)CC4)c(F)cc3c2=O)ccn1. The lowest BCUT2D eigenvalue weighted by atomic mass is 10.0. The molecule has 1 saturated carbocycles. The van der Waals surface area contributed by atoms with Gasteiger partial charge in [-0.3, -0.25) is 19.4 Å². The van der Waals surface area contributed by atoms with E-state index in [2.05, 4.69) is 30.8 Å². The molecule has 16 heteroatoms. The first-order chi connectivity index (χ1) is 29.2. The summed E-state index contributed by atoms with van der Waals surface area (Å²) in [7, 11) is 1.71. The molecule has 61 heavy (non-hydrogen) atoms. The topological polar surface area (TPSA) is 193 Å². The number of hydrogen-bond acceptors (Lipinski definition) is 9. The number of primary amides is 1. The monoisotopic (exact) mass is 839 g/mol. The number of amides is 5. The zero-order valence-electron chi connectivity index (χ0n) is 35.5. The number of aryl methyl sites for hydroxylation is 1. The third kappa shape index (κ3) is 12.3. The van der Waals surface area contributed by atoms with Gasteiger partial charge in [0.1, 0.15) is 18.5 Å². The molecule has 4 aromatic rings. The molecular weight excluding hydrogens is 782 g/mol. The number of benzene rings is 2. The molecule has 1 aliphatic heterocycles. The Morgan fingerprint density at radius 1 is 1.00 bits per heavy atom. The van der Waals surface area contributed by atoms with Gasteiger partial charge in [0.2, 0.25) is 11.8 Å². The van der Waals surface area contributed by atoms with Gasteiger partial charge in [0.25, 0.3) is 0 Å². The number of fused-ring (bicyclic) bond motifs is 1. The zero-order valence-corrected chi connectivity index (χ0v) is 35.5. The molecule has 1 aliphatic carbocycles. The molecule has 15 nitrogen and oxygen atoms in total. The lowest BCUT2D eigenvalue weighted by molar-refractivity contribution is -0.127. The highest BCUT2D eigenvalue weighted by Gasteiger charge is 2.30. The van der Waals surface area contributed by atoms with Gasteiger partial charge >= 0.3 is 12.1 Å². The number of piperidine rings is 1. The molecule has 0 bridgehead atoms. The van der Waals surface area contributed by atoms with Crippen LogP contribution in [0.5, 0.6) is 0 Å². The second-order valence-corrected chi connectivity index (χ2v) is 16.6. The van der Waals surface area contributed by atoms with Crippen molar-refractivity contribution >= 4 is 46.2 Å². The van der Waals surface area contributed by atoms with Crippen molar-refractivity contribution in [3.63, 3.8) is 0 Å². The van der Waals surface area contributed by atoms with E-state index < -0.39 is 29.9 Å². The van der Waals surface area contributed by atoms with Gasteiger partial charge < -0.3 is 46.1 Å². The molecule has 0 radical (unpaired) electrons. The molecule has 2 aliphatic rings. The highest BCUT2D eigenvalue weighted by molar-refractivity contribution is 5.97. The van der Waals surface area contributed by atoms with Crippen molar-refractivity contribution in [2.24, 2.45) is 11.7 Å². The van der Waals surface area contributed by atoms with Crippen molar-refractivity contribution in [1.29, 1.82) is 0 Å². The van der Waals surface area contributed by atoms with Gasteiger partial charge in [0, 0.05) is 93.0 Å². The first kappa shape index (κ1) is 44.5. The van der Waals surface area contributed by atoms with E-state index in [-0.39, 0.29) is 48.9 Å². The van der Waals surface area contributed by atoms with Crippen molar-refractivity contribution in [3.8, 4) is 0 Å². The van der Waals surface area contributed by atoms with E-state index >= 15 is 4.39 Å². The molecule has 2 fully saturated rings. The van der Waals surface area contributed by atoms with Crippen LogP contribution in [0.2, 0.25) is 0 Å². The number of nitrogens with two attached hydrogens (primary N) is 1. The summed E-state index contributed by atoms with van der Waals surface area (Å²) in [5.41, 5.74) is 9.98. The summed E-state index contributed by atoms with van der Waals surface area (Å²) in [6.45, 7) is 8.06. The molecule has 3 heterocycles. The number of halogens is 1. The number of nitrogens with zero attached hydrogens (tertiary/aromatic N) is 4. The van der Waals surface area contributed by atoms with E-state index in [9.17, 15) is 24.0 Å². The number of hydrogen-bond donors (Lipinski definition) is 5. The number of anilines is 2. The number of urea groups is 1. The second-order valence-electron chi connectivity index (χ2n) is 16.6. The van der Waals surface area contributed by atoms with Crippen molar-refractivity contribution in [3.05, 3.63) is 99.3 Å². The van der Waals surface area contributed by atoms with E-state index in [4.69, 9.17) is 10.5 Å². The van der Waals surface area contributed by atoms with E-state index in [1.165, 1.54) is 6.07 Å². The molecule has 0 spiro atoms. The Balaban J connectivity index is 1.00. The van der Waals surface area contributed by atoms with Crippen LogP contribution in [0.3, 0.4) is 0 Å². The van der Waals surface area contributed by atoms with Crippen molar-refractivity contribution in [2.75, 3.05) is 36.9 Å². The molecule has 2 aromatic carbocycles. The van der Waals surface area contributed by atoms with Crippen LogP contribution >= 0.6 is 0 Å². The van der Waals surface area contributed by atoms with Crippen molar-refractivity contribution < 1.29 is 28.3 Å². The second kappa shape index (κ2) is 20.5. The van der Waals surface area contributed by atoms with Gasteiger partial charge in [0.15, 0.2) is 5.43 Å². The summed E-state index contributed by atoms with van der Waals surface area (Å²) >= 11 is 0. The fourth-order valence-corrected chi connectivity index (χ4v) is 7.71. The number of carbonyl (C=O) groups excluding carboxylic acids is 4. The van der Waals surface area contributed by atoms with Gasteiger partial charge in [-0.05, 0) is 98.9 Å². The summed E-state index contributed by atoms with van der Waals surface area (Å²) in [6.07, 6.45) is 7.45. The quantitative estimate of drug-likeness (QED) is 0.0791. The summed E-state index contributed by atoms with van der Waals surface area (Å²) in [6, 6.07) is 12.7. The van der Waals surface area contributed by atoms with Gasteiger partial charge in [-0.2, -0.15) is 0 Å². The van der Waals surface area contributed by atoms with Crippen LogP contribution in [0, 0.1) is 18.7 Å². The van der Waals surface area contributed by atoms with Crippen LogP contribution in [-0.4, -0.2) is 77.2 Å². The Hall–Kier alpha value is -6.03. The Labute approximate surface area is 355 Å². The van der Waals surface area contributed by atoms with Gasteiger partial charge in [-0.25, -0.2) is 14.0 Å². The summed E-state index contributed by atoms with van der Waals surface area (Å²) < 4.78 is 23.6. The Bertz CT molecular complexity index is 2250. The zero-order chi connectivity index (χ0) is 43.6. The summed E-state index contributed by atoms with van der Waals surface area (Å²) in [5, 5.41) is 11.9.